The maximum absolute atomic E-state index is 12.4. The Labute approximate surface area is 112 Å². The molecule has 0 aromatic carbocycles. The molecule has 0 aromatic heterocycles. The molecular formula is C13H22BrNO2. The number of rotatable bonds is 3. The van der Waals surface area contributed by atoms with E-state index in [2.05, 4.69) is 35.1 Å². The highest BCUT2D eigenvalue weighted by atomic mass is 79.9. The number of halogens is 1. The third-order valence-electron chi connectivity index (χ3n) is 4.50. The van der Waals surface area contributed by atoms with Crippen molar-refractivity contribution < 1.29 is 9.53 Å². The van der Waals surface area contributed by atoms with Crippen molar-refractivity contribution in [3.63, 3.8) is 0 Å². The highest BCUT2D eigenvalue weighted by Crippen LogP contribution is 2.36. The molecular weight excluding hydrogens is 282 g/mol. The van der Waals surface area contributed by atoms with Crippen LogP contribution in [0.15, 0.2) is 0 Å². The van der Waals surface area contributed by atoms with Crippen molar-refractivity contribution in [2.24, 2.45) is 11.8 Å². The van der Waals surface area contributed by atoms with Gasteiger partial charge in [-0.2, -0.15) is 0 Å². The predicted octanol–water partition coefficient (Wildman–Crippen LogP) is 2.48. The van der Waals surface area contributed by atoms with Gasteiger partial charge in [-0.25, -0.2) is 0 Å². The van der Waals surface area contributed by atoms with E-state index >= 15 is 0 Å². The van der Waals surface area contributed by atoms with Crippen LogP contribution in [0.1, 0.15) is 40.0 Å². The normalized spacial score (nSPS) is 39.8. The number of hydrogen-bond donors (Lipinski definition) is 1. The number of carbonyl (C=O) groups excluding carboxylic acids is 1. The molecule has 0 bridgehead atoms. The molecule has 4 heteroatoms. The summed E-state index contributed by atoms with van der Waals surface area (Å²) in [5.74, 6) is 0.479. The summed E-state index contributed by atoms with van der Waals surface area (Å²) in [7, 11) is 0. The molecule has 98 valence electrons. The zero-order valence-electron chi connectivity index (χ0n) is 10.8. The molecule has 1 saturated carbocycles. The molecule has 0 spiro atoms. The summed E-state index contributed by atoms with van der Waals surface area (Å²) in [5, 5.41) is 4.10. The van der Waals surface area contributed by atoms with Gasteiger partial charge in [-0.3, -0.25) is 4.79 Å². The first kappa shape index (κ1) is 13.3. The van der Waals surface area contributed by atoms with Crippen molar-refractivity contribution in [2.45, 2.75) is 57.8 Å². The molecule has 1 saturated heterocycles. The van der Waals surface area contributed by atoms with Crippen molar-refractivity contribution in [3.05, 3.63) is 0 Å². The second kappa shape index (κ2) is 4.88. The van der Waals surface area contributed by atoms with E-state index in [1.54, 1.807) is 0 Å². The highest BCUT2D eigenvalue weighted by Gasteiger charge is 2.45. The smallest absolute Gasteiger partial charge is 0.226 e. The van der Waals surface area contributed by atoms with E-state index in [4.69, 9.17) is 4.74 Å². The van der Waals surface area contributed by atoms with Crippen LogP contribution in [0.3, 0.4) is 0 Å². The first-order valence-electron chi connectivity index (χ1n) is 6.52. The zero-order valence-corrected chi connectivity index (χ0v) is 12.4. The van der Waals surface area contributed by atoms with E-state index < -0.39 is 0 Å². The fourth-order valence-electron chi connectivity index (χ4n) is 2.96. The quantitative estimate of drug-likeness (QED) is 0.814. The summed E-state index contributed by atoms with van der Waals surface area (Å²) in [5.41, 5.74) is 0.0162. The third-order valence-corrected chi connectivity index (χ3v) is 5.57. The second-order valence-electron chi connectivity index (χ2n) is 5.69. The lowest BCUT2D eigenvalue weighted by Gasteiger charge is -2.42. The van der Waals surface area contributed by atoms with Crippen LogP contribution in [-0.2, 0) is 9.53 Å². The van der Waals surface area contributed by atoms with E-state index in [1.165, 1.54) is 6.42 Å². The fourth-order valence-corrected chi connectivity index (χ4v) is 3.66. The van der Waals surface area contributed by atoms with Gasteiger partial charge >= 0.3 is 0 Å². The Hall–Kier alpha value is -0.0900. The van der Waals surface area contributed by atoms with E-state index in [9.17, 15) is 4.79 Å². The number of amides is 1. The molecule has 3 nitrogen and oxygen atoms in total. The van der Waals surface area contributed by atoms with Gasteiger partial charge in [0.25, 0.3) is 0 Å². The number of nitrogens with one attached hydrogen (secondary N) is 1. The number of ether oxygens (including phenoxy) is 1. The van der Waals surface area contributed by atoms with Crippen LogP contribution in [-0.4, -0.2) is 29.0 Å². The Morgan fingerprint density at radius 2 is 2.00 bits per heavy atom. The summed E-state index contributed by atoms with van der Waals surface area (Å²) in [6, 6.07) is 0. The second-order valence-corrected chi connectivity index (χ2v) is 6.25. The summed E-state index contributed by atoms with van der Waals surface area (Å²) in [4.78, 5) is 12.4. The molecule has 4 atom stereocenters. The predicted molar refractivity (Wildman–Crippen MR) is 71.2 cm³/mol. The third kappa shape index (κ3) is 2.39. The summed E-state index contributed by atoms with van der Waals surface area (Å²) in [6.07, 6.45) is 3.62. The molecule has 1 aliphatic heterocycles. The van der Waals surface area contributed by atoms with Gasteiger partial charge in [0.1, 0.15) is 0 Å². The van der Waals surface area contributed by atoms with E-state index in [1.807, 2.05) is 6.92 Å². The zero-order chi connectivity index (χ0) is 12.6. The van der Waals surface area contributed by atoms with Gasteiger partial charge in [0, 0.05) is 10.9 Å². The molecule has 0 aromatic rings. The molecule has 1 amide bonds. The first-order valence-corrected chi connectivity index (χ1v) is 7.65. The van der Waals surface area contributed by atoms with Crippen molar-refractivity contribution in [2.75, 3.05) is 5.33 Å². The van der Waals surface area contributed by atoms with Gasteiger partial charge in [-0.05, 0) is 39.0 Å². The van der Waals surface area contributed by atoms with E-state index in [-0.39, 0.29) is 29.6 Å². The summed E-state index contributed by atoms with van der Waals surface area (Å²) in [6.45, 7) is 6.17. The van der Waals surface area contributed by atoms with Crippen LogP contribution in [0.5, 0.6) is 0 Å². The highest BCUT2D eigenvalue weighted by molar-refractivity contribution is 9.09. The van der Waals surface area contributed by atoms with Crippen molar-refractivity contribution >= 4 is 21.8 Å². The lowest BCUT2D eigenvalue weighted by atomic mass is 9.77. The minimum absolute atomic E-state index is 0.00141. The Balaban J connectivity index is 2.00. The van der Waals surface area contributed by atoms with Crippen molar-refractivity contribution in [1.82, 2.24) is 5.32 Å². The van der Waals surface area contributed by atoms with Gasteiger partial charge in [-0.1, -0.05) is 22.9 Å². The largest absolute Gasteiger partial charge is 0.374 e. The standard InChI is InChI=1S/C13H22BrNO2/c1-8-9(2)17-10(3)11(8)12(16)15-13(7-14)5-4-6-13/h8-11H,4-7H2,1-3H3,(H,15,16). The lowest BCUT2D eigenvalue weighted by Crippen LogP contribution is -2.57. The van der Waals surface area contributed by atoms with Crippen molar-refractivity contribution in [3.8, 4) is 0 Å². The van der Waals surface area contributed by atoms with Crippen LogP contribution >= 0.6 is 15.9 Å². The molecule has 2 fully saturated rings. The number of carbonyl (C=O) groups is 1. The van der Waals surface area contributed by atoms with Crippen LogP contribution in [0, 0.1) is 11.8 Å². The van der Waals surface area contributed by atoms with Gasteiger partial charge in [-0.15, -0.1) is 0 Å². The van der Waals surface area contributed by atoms with Crippen molar-refractivity contribution in [1.29, 1.82) is 0 Å². The maximum atomic E-state index is 12.4. The average Bonchev–Trinajstić information content (AvgIpc) is 2.47. The number of hydrogen-bond acceptors (Lipinski definition) is 2. The first-order chi connectivity index (χ1) is 7.99. The maximum Gasteiger partial charge on any atom is 0.226 e. The van der Waals surface area contributed by atoms with Crippen LogP contribution in [0.4, 0.5) is 0 Å². The Kier molecular flexibility index (Phi) is 3.83. The molecule has 1 N–H and O–H groups in total. The van der Waals surface area contributed by atoms with E-state index in [0.717, 1.165) is 18.2 Å². The minimum atomic E-state index is 0.00141. The van der Waals surface area contributed by atoms with Crippen LogP contribution in [0.25, 0.3) is 0 Å². The molecule has 1 aliphatic carbocycles. The number of alkyl halides is 1. The Morgan fingerprint density at radius 1 is 1.35 bits per heavy atom. The van der Waals surface area contributed by atoms with Gasteiger partial charge in [0.15, 0.2) is 0 Å². The molecule has 0 radical (unpaired) electrons. The molecule has 2 rings (SSSR count). The van der Waals surface area contributed by atoms with Crippen LogP contribution < -0.4 is 5.32 Å². The SMILES string of the molecule is CC1OC(C)C(C(=O)NC2(CBr)CCC2)C1C. The topological polar surface area (TPSA) is 38.3 Å². The van der Waals surface area contributed by atoms with Gasteiger partial charge < -0.3 is 10.1 Å². The minimum Gasteiger partial charge on any atom is -0.374 e. The Morgan fingerprint density at radius 3 is 2.35 bits per heavy atom. The average molecular weight is 304 g/mol. The Bertz CT molecular complexity index is 298. The van der Waals surface area contributed by atoms with E-state index in [0.29, 0.717) is 5.92 Å². The monoisotopic (exact) mass is 303 g/mol. The fraction of sp³-hybridized carbons (Fsp3) is 0.923. The summed E-state index contributed by atoms with van der Waals surface area (Å²) >= 11 is 3.52. The lowest BCUT2D eigenvalue weighted by molar-refractivity contribution is -0.129. The molecule has 4 unspecified atom stereocenters. The molecule has 1 heterocycles. The summed E-state index contributed by atoms with van der Waals surface area (Å²) < 4.78 is 5.73. The van der Waals surface area contributed by atoms with Gasteiger partial charge in [0.05, 0.1) is 18.1 Å². The molecule has 17 heavy (non-hydrogen) atoms. The molecule has 2 aliphatic rings. The van der Waals surface area contributed by atoms with Crippen LogP contribution in [0.2, 0.25) is 0 Å². The van der Waals surface area contributed by atoms with Gasteiger partial charge in [0.2, 0.25) is 5.91 Å².